The number of cyclic esters (lactones) is 1. The number of nitrogens with two attached hydrogens (primary N) is 1. The zero-order valence-electron chi connectivity index (χ0n) is 29.7. The zero-order chi connectivity index (χ0) is 37.4. The number of ether oxygens (including phenoxy) is 5. The number of hydrogen-bond acceptors (Lipinski definition) is 13. The molecule has 284 valence electrons. The van der Waals surface area contributed by atoms with E-state index in [9.17, 15) is 33.6 Å². The highest BCUT2D eigenvalue weighted by Crippen LogP contribution is 2.18. The third kappa shape index (κ3) is 18.3. The molecule has 0 radical (unpaired) electrons. The van der Waals surface area contributed by atoms with Crippen LogP contribution in [-0.2, 0) is 57.2 Å². The Bertz CT molecular complexity index is 1130. The molecule has 0 aromatic heterocycles. The van der Waals surface area contributed by atoms with Gasteiger partial charge in [-0.2, -0.15) is 0 Å². The molecule has 1 unspecified atom stereocenters. The largest absolute Gasteiger partial charge is 0.464 e. The fourth-order valence-electron chi connectivity index (χ4n) is 4.30. The lowest BCUT2D eigenvalue weighted by atomic mass is 9.81. The van der Waals surface area contributed by atoms with E-state index in [0.29, 0.717) is 58.9 Å². The van der Waals surface area contributed by atoms with Crippen LogP contribution in [0, 0.1) is 5.92 Å². The highest BCUT2D eigenvalue weighted by atomic mass is 16.5. The molecule has 17 nitrogen and oxygen atoms in total. The zero-order valence-corrected chi connectivity index (χ0v) is 29.7. The van der Waals surface area contributed by atoms with Gasteiger partial charge in [-0.3, -0.25) is 33.7 Å². The molecule has 3 atom stereocenters. The summed E-state index contributed by atoms with van der Waals surface area (Å²) in [6, 6.07) is -1.95. The molecule has 1 aliphatic heterocycles. The minimum atomic E-state index is -1.29. The molecule has 5 amide bonds. The van der Waals surface area contributed by atoms with E-state index in [0.717, 1.165) is 4.90 Å². The summed E-state index contributed by atoms with van der Waals surface area (Å²) in [6.45, 7) is 9.79. The van der Waals surface area contributed by atoms with Crippen LogP contribution in [0.2, 0.25) is 0 Å². The Balaban J connectivity index is 2.12. The van der Waals surface area contributed by atoms with Crippen molar-refractivity contribution in [1.82, 2.24) is 20.9 Å². The smallest absolute Gasteiger partial charge is 0.328 e. The first-order valence-electron chi connectivity index (χ1n) is 16.9. The van der Waals surface area contributed by atoms with E-state index in [4.69, 9.17) is 29.4 Å². The molecule has 0 aromatic carbocycles. The summed E-state index contributed by atoms with van der Waals surface area (Å²) in [7, 11) is 0. The number of nitrogens with one attached hydrogen (secondary N) is 3. The summed E-state index contributed by atoms with van der Waals surface area (Å²) < 4.78 is 26.7. The number of hydrogen-bond donors (Lipinski definition) is 4. The molecule has 0 saturated carbocycles. The maximum absolute atomic E-state index is 13.2. The normalized spacial score (nSPS) is 16.0. The molecule has 0 bridgehead atoms. The quantitative estimate of drug-likeness (QED) is 0.0336. The first-order chi connectivity index (χ1) is 23.8. The van der Waals surface area contributed by atoms with Gasteiger partial charge in [0.2, 0.25) is 24.1 Å². The lowest BCUT2D eigenvalue weighted by Gasteiger charge is -2.32. The second kappa shape index (κ2) is 25.2. The molecule has 17 heteroatoms. The average molecular weight is 714 g/mol. The maximum Gasteiger partial charge on any atom is 0.328 e. The topological polar surface area (TPSA) is 231 Å². The van der Waals surface area contributed by atoms with Crippen molar-refractivity contribution < 1.29 is 57.2 Å². The number of ketones is 1. The van der Waals surface area contributed by atoms with Gasteiger partial charge in [0, 0.05) is 45.6 Å². The first kappa shape index (κ1) is 44.3. The molecule has 1 heterocycles. The summed E-state index contributed by atoms with van der Waals surface area (Å²) in [5, 5.41) is 7.80. The van der Waals surface area contributed by atoms with Crippen LogP contribution in [0.5, 0.6) is 0 Å². The van der Waals surface area contributed by atoms with Gasteiger partial charge < -0.3 is 45.4 Å². The van der Waals surface area contributed by atoms with E-state index < -0.39 is 47.1 Å². The molecule has 1 rings (SSSR count). The summed E-state index contributed by atoms with van der Waals surface area (Å²) in [5.41, 5.74) is 4.94. The number of rotatable bonds is 28. The van der Waals surface area contributed by atoms with E-state index in [-0.39, 0.29) is 64.0 Å². The van der Waals surface area contributed by atoms with Gasteiger partial charge in [0.1, 0.15) is 6.04 Å². The number of nitrogens with zero attached hydrogens (tertiary/aromatic N) is 1. The second-order valence-electron chi connectivity index (χ2n) is 12.0. The number of amides is 5. The summed E-state index contributed by atoms with van der Waals surface area (Å²) in [4.78, 5) is 85.4. The number of carbonyl (C=O) groups excluding carboxylic acids is 7. The van der Waals surface area contributed by atoms with Gasteiger partial charge >= 0.3 is 5.97 Å². The Kier molecular flexibility index (Phi) is 22.3. The average Bonchev–Trinajstić information content (AvgIpc) is 3.47. The van der Waals surface area contributed by atoms with Crippen LogP contribution in [0.25, 0.3) is 0 Å². The molecule has 50 heavy (non-hydrogen) atoms. The van der Waals surface area contributed by atoms with Crippen molar-refractivity contribution in [3.8, 4) is 0 Å². The first-order valence-corrected chi connectivity index (χ1v) is 16.9. The lowest BCUT2D eigenvalue weighted by molar-refractivity contribution is -0.141. The van der Waals surface area contributed by atoms with Crippen molar-refractivity contribution in [3.05, 3.63) is 12.2 Å². The molecule has 1 aliphatic rings. The molecular formula is C33H55N5O12. The number of esters is 1. The summed E-state index contributed by atoms with van der Waals surface area (Å²) in [6.07, 6.45) is 3.68. The van der Waals surface area contributed by atoms with E-state index in [1.54, 1.807) is 27.7 Å². The highest BCUT2D eigenvalue weighted by Gasteiger charge is 2.39. The fraction of sp³-hybridized carbons (Fsp3) is 0.727. The maximum atomic E-state index is 13.2. The Morgan fingerprint density at radius 3 is 2.14 bits per heavy atom. The molecule has 0 spiro atoms. The van der Waals surface area contributed by atoms with Crippen molar-refractivity contribution >= 4 is 41.8 Å². The van der Waals surface area contributed by atoms with Crippen LogP contribution in [0.3, 0.4) is 0 Å². The van der Waals surface area contributed by atoms with Gasteiger partial charge in [-0.05, 0) is 32.3 Å². The number of allylic oxidation sites excluding steroid dienone is 1. The van der Waals surface area contributed by atoms with Crippen molar-refractivity contribution in [2.75, 3.05) is 72.6 Å². The van der Waals surface area contributed by atoms with E-state index in [1.807, 2.05) is 0 Å². The number of Topliss-reactive ketones (excluding diaryl/α,β-unsaturated/α-hetero) is 1. The van der Waals surface area contributed by atoms with Gasteiger partial charge in [-0.15, -0.1) is 0 Å². The molecule has 0 aliphatic carbocycles. The van der Waals surface area contributed by atoms with Gasteiger partial charge in [-0.25, -0.2) is 4.79 Å². The summed E-state index contributed by atoms with van der Waals surface area (Å²) >= 11 is 0. The van der Waals surface area contributed by atoms with Crippen LogP contribution in [0.1, 0.15) is 59.8 Å². The predicted molar refractivity (Wildman–Crippen MR) is 179 cm³/mol. The van der Waals surface area contributed by atoms with Crippen LogP contribution < -0.4 is 21.7 Å². The molecule has 0 aromatic rings. The van der Waals surface area contributed by atoms with Crippen molar-refractivity contribution in [3.63, 3.8) is 0 Å². The molecule has 1 saturated heterocycles. The minimum absolute atomic E-state index is 0.00214. The van der Waals surface area contributed by atoms with Gasteiger partial charge in [-0.1, -0.05) is 19.9 Å². The highest BCUT2D eigenvalue weighted by molar-refractivity contribution is 5.99. The molecule has 5 N–H and O–H groups in total. The standard InChI is InChI=1S/C33H55N5O12/c1-5-7-30(43)38(23-39)12-8-27(40)35-11-17-48-19-21-49-20-18-47-14-6-13-46-15-10-28(41)37-26(31(44)33(4,34)24(2)3)22-29(42)36-25-9-16-50-32(25)45/h5,7,23-26H,6,8-22,34H2,1-4H3,(H,35,40)(H,36,42)(H,37,41)/b7-5-/t25-,26-,33?/m0/s1. The minimum Gasteiger partial charge on any atom is -0.464 e. The Labute approximate surface area is 293 Å². The Morgan fingerprint density at radius 2 is 1.56 bits per heavy atom. The lowest BCUT2D eigenvalue weighted by Crippen LogP contribution is -2.59. The third-order valence-corrected chi connectivity index (χ3v) is 7.70. The van der Waals surface area contributed by atoms with Crippen molar-refractivity contribution in [2.45, 2.75) is 77.4 Å². The van der Waals surface area contributed by atoms with Crippen LogP contribution in [0.4, 0.5) is 0 Å². The van der Waals surface area contributed by atoms with Crippen molar-refractivity contribution in [2.24, 2.45) is 11.7 Å². The van der Waals surface area contributed by atoms with Gasteiger partial charge in [0.25, 0.3) is 5.91 Å². The van der Waals surface area contributed by atoms with E-state index in [1.165, 1.54) is 12.2 Å². The summed E-state index contributed by atoms with van der Waals surface area (Å²) in [5.74, 6) is -3.10. The van der Waals surface area contributed by atoms with E-state index >= 15 is 0 Å². The van der Waals surface area contributed by atoms with Gasteiger partial charge in [0.05, 0.1) is 64.2 Å². The molecule has 1 fully saturated rings. The van der Waals surface area contributed by atoms with Crippen molar-refractivity contribution in [1.29, 1.82) is 0 Å². The molecular weight excluding hydrogens is 658 g/mol. The Hall–Kier alpha value is -3.77. The van der Waals surface area contributed by atoms with E-state index in [2.05, 4.69) is 16.0 Å². The predicted octanol–water partition coefficient (Wildman–Crippen LogP) is -0.850. The monoisotopic (exact) mass is 713 g/mol. The van der Waals surface area contributed by atoms with Crippen LogP contribution in [0.15, 0.2) is 12.2 Å². The fourth-order valence-corrected chi connectivity index (χ4v) is 4.30. The number of carbonyl (C=O) groups is 7. The third-order valence-electron chi connectivity index (χ3n) is 7.70. The Morgan fingerprint density at radius 1 is 0.940 bits per heavy atom. The van der Waals surface area contributed by atoms with Crippen LogP contribution in [-0.4, -0.2) is 137 Å². The SMILES string of the molecule is C/C=C\C(=O)N(C=O)CCC(=O)NCCOCCOCCOCCCOCCC(=O)N[C@@H](CC(=O)N[C@H]1CCOC1=O)C(=O)C(C)(N)C(C)C. The number of imide groups is 1. The second-order valence-corrected chi connectivity index (χ2v) is 12.0. The van der Waals surface area contributed by atoms with Gasteiger partial charge in [0.15, 0.2) is 5.78 Å². The van der Waals surface area contributed by atoms with Crippen LogP contribution >= 0.6 is 0 Å².